The van der Waals surface area contributed by atoms with Crippen LogP contribution in [0.1, 0.15) is 33.0 Å². The zero-order chi connectivity index (χ0) is 29.0. The number of β-amino-alcohol motifs (C(OH)–C–C–N with tert-alkyl or cyclic N) is 1. The number of hydrogen-bond acceptors (Lipinski definition) is 10. The molecule has 0 spiro atoms. The first-order valence-electron chi connectivity index (χ1n) is 13.4. The molecule has 0 saturated carbocycles. The Balaban J connectivity index is 1.26. The van der Waals surface area contributed by atoms with Crippen LogP contribution in [0.15, 0.2) is 63.2 Å². The van der Waals surface area contributed by atoms with Crippen molar-refractivity contribution in [3.8, 4) is 11.5 Å². The third-order valence-corrected chi connectivity index (χ3v) is 7.60. The molecule has 5 rings (SSSR count). The second-order valence-electron chi connectivity index (χ2n) is 10.8. The van der Waals surface area contributed by atoms with Gasteiger partial charge in [-0.1, -0.05) is 43.8 Å². The predicted molar refractivity (Wildman–Crippen MR) is 157 cm³/mol. The van der Waals surface area contributed by atoms with Crippen molar-refractivity contribution in [3.63, 3.8) is 0 Å². The normalized spacial score (nSPS) is 15.7. The molecular formula is C29H34N6O5S. The van der Waals surface area contributed by atoms with E-state index >= 15 is 0 Å². The number of likely N-dealkylation sites (tertiary alicyclic amines) is 1. The van der Waals surface area contributed by atoms with E-state index in [0.717, 1.165) is 40.3 Å². The van der Waals surface area contributed by atoms with Gasteiger partial charge in [-0.05, 0) is 30.7 Å². The average Bonchev–Trinajstić information content (AvgIpc) is 3.57. The van der Waals surface area contributed by atoms with E-state index in [9.17, 15) is 9.90 Å². The fraction of sp³-hybridized carbons (Fsp3) is 0.379. The highest BCUT2D eigenvalue weighted by Gasteiger charge is 2.21. The quantitative estimate of drug-likeness (QED) is 0.228. The smallest absolute Gasteiger partial charge is 0.324 e. The van der Waals surface area contributed by atoms with E-state index in [-0.39, 0.29) is 11.5 Å². The maximum atomic E-state index is 12.6. The molecule has 1 atom stereocenters. The van der Waals surface area contributed by atoms with Gasteiger partial charge < -0.3 is 24.4 Å². The first-order chi connectivity index (χ1) is 19.7. The van der Waals surface area contributed by atoms with Gasteiger partial charge in [-0.3, -0.25) is 10.2 Å². The second-order valence-corrected chi connectivity index (χ2v) is 11.9. The number of benzene rings is 2. The number of aliphatic hydroxyl groups is 1. The van der Waals surface area contributed by atoms with Gasteiger partial charge in [0.25, 0.3) is 0 Å². The lowest BCUT2D eigenvalue weighted by Crippen LogP contribution is -2.27. The van der Waals surface area contributed by atoms with E-state index in [0.29, 0.717) is 41.9 Å². The molecule has 2 aromatic heterocycles. The second kappa shape index (κ2) is 12.3. The van der Waals surface area contributed by atoms with E-state index in [1.165, 1.54) is 18.1 Å². The van der Waals surface area contributed by atoms with Crippen LogP contribution in [-0.4, -0.2) is 70.6 Å². The van der Waals surface area contributed by atoms with E-state index in [1.54, 1.807) is 19.2 Å². The number of nitrogens with zero attached hydrogens (tertiary/aromatic N) is 4. The molecule has 2 aromatic carbocycles. The summed E-state index contributed by atoms with van der Waals surface area (Å²) in [5.74, 6) is 2.22. The third kappa shape index (κ3) is 7.26. The summed E-state index contributed by atoms with van der Waals surface area (Å²) in [7, 11) is 1.60. The Kier molecular flexibility index (Phi) is 8.62. The van der Waals surface area contributed by atoms with Crippen LogP contribution >= 0.6 is 11.8 Å². The number of methoxy groups -OCH3 is 1. The number of carbonyl (C=O) groups is 1. The van der Waals surface area contributed by atoms with Gasteiger partial charge in [-0.2, -0.15) is 0 Å². The van der Waals surface area contributed by atoms with Crippen LogP contribution in [0.2, 0.25) is 0 Å². The van der Waals surface area contributed by atoms with Gasteiger partial charge >= 0.3 is 6.03 Å². The van der Waals surface area contributed by atoms with Crippen molar-refractivity contribution in [2.75, 3.05) is 44.0 Å². The number of aliphatic hydroxyl groups excluding tert-OH is 1. The van der Waals surface area contributed by atoms with Crippen molar-refractivity contribution in [1.29, 1.82) is 0 Å². The first-order valence-corrected chi connectivity index (χ1v) is 14.2. The summed E-state index contributed by atoms with van der Waals surface area (Å²) in [5.41, 5.74) is 1.13. The van der Waals surface area contributed by atoms with Crippen LogP contribution in [0.5, 0.6) is 11.5 Å². The summed E-state index contributed by atoms with van der Waals surface area (Å²) < 4.78 is 17.0. The number of aromatic nitrogens is 3. The Morgan fingerprint density at radius 2 is 2.02 bits per heavy atom. The lowest BCUT2D eigenvalue weighted by atomic mass is 9.93. The van der Waals surface area contributed by atoms with Crippen LogP contribution in [0.25, 0.3) is 10.9 Å². The molecule has 11 nitrogen and oxygen atoms in total. The van der Waals surface area contributed by atoms with Crippen LogP contribution < -0.4 is 20.1 Å². The molecule has 0 radical (unpaired) electrons. The fourth-order valence-corrected chi connectivity index (χ4v) is 5.34. The average molecular weight is 579 g/mol. The Bertz CT molecular complexity index is 1520. The minimum Gasteiger partial charge on any atom is -0.493 e. The number of nitrogens with one attached hydrogen (secondary N) is 2. The van der Waals surface area contributed by atoms with Crippen LogP contribution in [0.4, 0.5) is 16.3 Å². The van der Waals surface area contributed by atoms with Crippen molar-refractivity contribution in [2.45, 2.75) is 48.6 Å². The van der Waals surface area contributed by atoms with Crippen LogP contribution in [-0.2, 0) is 5.41 Å². The first kappa shape index (κ1) is 28.7. The lowest BCUT2D eigenvalue weighted by molar-refractivity contribution is 0.166. The molecule has 12 heteroatoms. The maximum absolute atomic E-state index is 12.6. The highest BCUT2D eigenvalue weighted by molar-refractivity contribution is 7.99. The van der Waals surface area contributed by atoms with Crippen molar-refractivity contribution in [1.82, 2.24) is 20.0 Å². The minimum absolute atomic E-state index is 0.211. The minimum atomic E-state index is -0.424. The fourth-order valence-electron chi connectivity index (χ4n) is 4.41. The number of ether oxygens (including phenoxy) is 2. The number of fused-ring (bicyclic) bond motifs is 1. The number of anilines is 2. The summed E-state index contributed by atoms with van der Waals surface area (Å²) in [6.07, 6.45) is 2.06. The molecule has 1 unspecified atom stereocenters. The number of hydrogen-bond donors (Lipinski definition) is 3. The summed E-state index contributed by atoms with van der Waals surface area (Å²) in [6, 6.07) is 12.5. The molecule has 0 bridgehead atoms. The zero-order valence-corrected chi connectivity index (χ0v) is 24.3. The number of rotatable bonds is 9. The summed E-state index contributed by atoms with van der Waals surface area (Å²) in [4.78, 5) is 24.6. The Morgan fingerprint density at radius 3 is 2.76 bits per heavy atom. The van der Waals surface area contributed by atoms with E-state index in [4.69, 9.17) is 14.0 Å². The molecule has 2 amide bonds. The highest BCUT2D eigenvalue weighted by atomic mass is 32.2. The van der Waals surface area contributed by atoms with Crippen molar-refractivity contribution in [3.05, 3.63) is 54.6 Å². The zero-order valence-electron chi connectivity index (χ0n) is 23.5. The predicted octanol–water partition coefficient (Wildman–Crippen LogP) is 5.16. The topological polar surface area (TPSA) is 135 Å². The SMILES string of the molecule is COc1cc2c(Sc3cccc(NC(=O)Nc4cc(C(C)(C)C)on4)c3)ncnc2cc1OCCN1CCC(O)C1. The number of amides is 2. The largest absolute Gasteiger partial charge is 0.493 e. The highest BCUT2D eigenvalue weighted by Crippen LogP contribution is 2.38. The van der Waals surface area contributed by atoms with E-state index in [2.05, 4.69) is 30.7 Å². The molecule has 216 valence electrons. The summed E-state index contributed by atoms with van der Waals surface area (Å²) >= 11 is 1.45. The third-order valence-electron chi connectivity index (χ3n) is 6.59. The summed E-state index contributed by atoms with van der Waals surface area (Å²) in [6.45, 7) is 8.77. The Labute approximate surface area is 242 Å². The number of urea groups is 1. The molecule has 1 aliphatic rings. The van der Waals surface area contributed by atoms with Gasteiger partial charge in [0.05, 0.1) is 18.7 Å². The van der Waals surface area contributed by atoms with Crippen LogP contribution in [0, 0.1) is 0 Å². The van der Waals surface area contributed by atoms with Crippen molar-refractivity contribution < 1.29 is 23.9 Å². The maximum Gasteiger partial charge on any atom is 0.324 e. The molecule has 41 heavy (non-hydrogen) atoms. The molecule has 4 aromatic rings. The van der Waals surface area contributed by atoms with Gasteiger partial charge in [-0.25, -0.2) is 14.8 Å². The van der Waals surface area contributed by atoms with Crippen molar-refractivity contribution in [2.24, 2.45) is 0 Å². The van der Waals surface area contributed by atoms with E-state index in [1.807, 2.05) is 51.1 Å². The van der Waals surface area contributed by atoms with Gasteiger partial charge in [0.2, 0.25) is 0 Å². The van der Waals surface area contributed by atoms with Gasteiger partial charge in [0, 0.05) is 53.2 Å². The van der Waals surface area contributed by atoms with E-state index < -0.39 is 6.03 Å². The summed E-state index contributed by atoms with van der Waals surface area (Å²) in [5, 5.41) is 20.8. The van der Waals surface area contributed by atoms with Gasteiger partial charge in [0.1, 0.15) is 23.7 Å². The van der Waals surface area contributed by atoms with Crippen LogP contribution in [0.3, 0.4) is 0 Å². The molecule has 3 heterocycles. The monoisotopic (exact) mass is 578 g/mol. The lowest BCUT2D eigenvalue weighted by Gasteiger charge is -2.17. The molecule has 1 saturated heterocycles. The van der Waals surface area contributed by atoms with Gasteiger partial charge in [0.15, 0.2) is 17.3 Å². The number of carbonyl (C=O) groups excluding carboxylic acids is 1. The standard InChI is InChI=1S/C29H34N6O5S/c1-29(2,3)25-15-26(34-40-25)33-28(37)32-18-6-5-7-20(12-18)41-27-21-13-23(38-4)24(14-22(21)30-17-31-27)39-11-10-35-9-8-19(36)16-35/h5-7,12-15,17,19,36H,8-11,16H2,1-4H3,(H2,32,33,34,37). The Morgan fingerprint density at radius 1 is 1.17 bits per heavy atom. The Hall–Kier alpha value is -3.87. The molecule has 1 fully saturated rings. The molecule has 0 aliphatic carbocycles. The van der Waals surface area contributed by atoms with Crippen molar-refractivity contribution >= 4 is 40.2 Å². The molecular weight excluding hydrogens is 544 g/mol. The molecule has 3 N–H and O–H groups in total. The van der Waals surface area contributed by atoms with Gasteiger partial charge in [-0.15, -0.1) is 0 Å². The molecule has 1 aliphatic heterocycles.